The third-order valence-corrected chi connectivity index (χ3v) is 5.54. The van der Waals surface area contributed by atoms with Crippen LogP contribution in [0, 0.1) is 27.7 Å². The first-order valence-electron chi connectivity index (χ1n) is 9.54. The molecule has 0 N–H and O–H groups in total. The van der Waals surface area contributed by atoms with Crippen molar-refractivity contribution < 1.29 is 14.3 Å². The average molecular weight is 447 g/mol. The molecule has 3 rings (SSSR count). The van der Waals surface area contributed by atoms with E-state index >= 15 is 0 Å². The molecule has 1 aromatic heterocycles. The van der Waals surface area contributed by atoms with E-state index in [0.717, 1.165) is 32.6 Å². The molecule has 0 aliphatic carbocycles. The van der Waals surface area contributed by atoms with Gasteiger partial charge in [-0.1, -0.05) is 0 Å². The molecule has 2 heterocycles. The van der Waals surface area contributed by atoms with Crippen LogP contribution < -0.4 is 9.47 Å². The quantitative estimate of drug-likeness (QED) is 0.669. The lowest BCUT2D eigenvalue weighted by Crippen LogP contribution is -2.33. The smallest absolute Gasteiger partial charge is 0.258 e. The number of hydrogen-bond acceptors (Lipinski definition) is 4. The number of ether oxygens (including phenoxy) is 2. The SMILES string of the molecule is Cc1cc(C)c(CN2CCOc3c(Br)cc(OC(C)C)c(C)c3C2=O)c(C)n1. The predicted molar refractivity (Wildman–Crippen MR) is 113 cm³/mol. The Morgan fingerprint density at radius 2 is 1.96 bits per heavy atom. The lowest BCUT2D eigenvalue weighted by atomic mass is 10.0. The number of amides is 1. The number of fused-ring (bicyclic) bond motifs is 1. The summed E-state index contributed by atoms with van der Waals surface area (Å²) in [7, 11) is 0. The summed E-state index contributed by atoms with van der Waals surface area (Å²) in [6.45, 7) is 13.4. The van der Waals surface area contributed by atoms with Gasteiger partial charge in [-0.05, 0) is 80.7 Å². The maximum atomic E-state index is 13.5. The highest BCUT2D eigenvalue weighted by molar-refractivity contribution is 9.10. The summed E-state index contributed by atoms with van der Waals surface area (Å²) in [6.07, 6.45) is 0.0190. The Morgan fingerprint density at radius 3 is 2.61 bits per heavy atom. The second kappa shape index (κ2) is 8.11. The van der Waals surface area contributed by atoms with Crippen molar-refractivity contribution in [2.24, 2.45) is 0 Å². The Hall–Kier alpha value is -2.08. The van der Waals surface area contributed by atoms with Gasteiger partial charge < -0.3 is 14.4 Å². The topological polar surface area (TPSA) is 51.7 Å². The van der Waals surface area contributed by atoms with Gasteiger partial charge in [-0.15, -0.1) is 0 Å². The molecule has 28 heavy (non-hydrogen) atoms. The molecule has 1 amide bonds. The molecule has 0 saturated carbocycles. The summed E-state index contributed by atoms with van der Waals surface area (Å²) in [5, 5.41) is 0. The van der Waals surface area contributed by atoms with Gasteiger partial charge in [0.1, 0.15) is 18.1 Å². The fourth-order valence-electron chi connectivity index (χ4n) is 3.63. The number of hydrogen-bond donors (Lipinski definition) is 0. The maximum absolute atomic E-state index is 13.5. The summed E-state index contributed by atoms with van der Waals surface area (Å²) in [6, 6.07) is 3.95. The highest BCUT2D eigenvalue weighted by Gasteiger charge is 2.30. The molecule has 5 nitrogen and oxygen atoms in total. The van der Waals surface area contributed by atoms with Crippen molar-refractivity contribution in [3.05, 3.63) is 50.2 Å². The van der Waals surface area contributed by atoms with E-state index in [1.54, 1.807) is 0 Å². The molecule has 6 heteroatoms. The number of benzene rings is 1. The number of halogens is 1. The summed E-state index contributed by atoms with van der Waals surface area (Å²) < 4.78 is 12.6. The van der Waals surface area contributed by atoms with Crippen molar-refractivity contribution in [1.29, 1.82) is 0 Å². The lowest BCUT2D eigenvalue weighted by Gasteiger charge is -2.23. The van der Waals surface area contributed by atoms with Gasteiger partial charge in [0, 0.05) is 23.5 Å². The van der Waals surface area contributed by atoms with Gasteiger partial charge in [0.25, 0.3) is 5.91 Å². The van der Waals surface area contributed by atoms with Crippen LogP contribution >= 0.6 is 15.9 Å². The molecule has 1 aromatic carbocycles. The standard InChI is InChI=1S/C22H27BrN2O3/c1-12(2)28-19-10-18(23)21-20(15(19)5)22(26)25(7-8-27-21)11-17-13(3)9-14(4)24-16(17)6/h9-10,12H,7-8,11H2,1-6H3. The molecule has 1 aliphatic heterocycles. The van der Waals surface area contributed by atoms with Crippen LogP contribution in [-0.4, -0.2) is 35.0 Å². The highest BCUT2D eigenvalue weighted by Crippen LogP contribution is 2.40. The molecule has 0 fully saturated rings. The number of aromatic nitrogens is 1. The van der Waals surface area contributed by atoms with Crippen LogP contribution in [0.5, 0.6) is 11.5 Å². The van der Waals surface area contributed by atoms with Gasteiger partial charge in [0.15, 0.2) is 0 Å². The minimum absolute atomic E-state index is 0.0190. The zero-order valence-electron chi connectivity index (χ0n) is 17.4. The Morgan fingerprint density at radius 1 is 1.25 bits per heavy atom. The van der Waals surface area contributed by atoms with Crippen LogP contribution in [0.25, 0.3) is 0 Å². The third kappa shape index (κ3) is 4.02. The Bertz CT molecular complexity index is 901. The van der Waals surface area contributed by atoms with Crippen LogP contribution in [0.1, 0.15) is 52.3 Å². The average Bonchev–Trinajstić information content (AvgIpc) is 2.75. The fourth-order valence-corrected chi connectivity index (χ4v) is 4.15. The molecule has 2 aromatic rings. The molecule has 0 spiro atoms. The third-order valence-electron chi connectivity index (χ3n) is 4.95. The van der Waals surface area contributed by atoms with E-state index in [9.17, 15) is 4.79 Å². The number of carbonyl (C=O) groups is 1. The number of pyridine rings is 1. The van der Waals surface area contributed by atoms with Crippen molar-refractivity contribution in [2.45, 2.75) is 54.2 Å². The second-order valence-corrected chi connectivity index (χ2v) is 8.43. The van der Waals surface area contributed by atoms with Crippen molar-refractivity contribution in [2.75, 3.05) is 13.2 Å². The zero-order chi connectivity index (χ0) is 20.6. The summed E-state index contributed by atoms with van der Waals surface area (Å²) in [4.78, 5) is 19.9. The fraction of sp³-hybridized carbons (Fsp3) is 0.455. The number of carbonyl (C=O) groups excluding carboxylic acids is 1. The van der Waals surface area contributed by atoms with Crippen molar-refractivity contribution in [3.8, 4) is 11.5 Å². The zero-order valence-corrected chi connectivity index (χ0v) is 18.9. The number of aryl methyl sites for hydroxylation is 3. The minimum Gasteiger partial charge on any atom is -0.491 e. The highest BCUT2D eigenvalue weighted by atomic mass is 79.9. The summed E-state index contributed by atoms with van der Waals surface area (Å²) in [5.41, 5.74) is 5.57. The Labute approximate surface area is 175 Å². The van der Waals surface area contributed by atoms with E-state index < -0.39 is 0 Å². The van der Waals surface area contributed by atoms with Gasteiger partial charge in [-0.2, -0.15) is 0 Å². The van der Waals surface area contributed by atoms with Crippen LogP contribution in [0.3, 0.4) is 0 Å². The van der Waals surface area contributed by atoms with E-state index in [0.29, 0.717) is 36.8 Å². The number of rotatable bonds is 4. The van der Waals surface area contributed by atoms with E-state index in [-0.39, 0.29) is 12.0 Å². The van der Waals surface area contributed by atoms with Gasteiger partial charge >= 0.3 is 0 Å². The van der Waals surface area contributed by atoms with E-state index in [2.05, 4.69) is 33.9 Å². The molecule has 1 aliphatic rings. The maximum Gasteiger partial charge on any atom is 0.258 e. The van der Waals surface area contributed by atoms with Gasteiger partial charge in [0.05, 0.1) is 22.7 Å². The Balaban J connectivity index is 2.02. The van der Waals surface area contributed by atoms with E-state index in [4.69, 9.17) is 9.47 Å². The molecule has 150 valence electrons. The van der Waals surface area contributed by atoms with Gasteiger partial charge in [-0.3, -0.25) is 9.78 Å². The second-order valence-electron chi connectivity index (χ2n) is 7.57. The molecule has 0 atom stereocenters. The molecule has 0 bridgehead atoms. The Kier molecular flexibility index (Phi) is 5.98. The monoisotopic (exact) mass is 446 g/mol. The molecular formula is C22H27BrN2O3. The normalized spacial score (nSPS) is 14.0. The number of nitrogens with zero attached hydrogens (tertiary/aromatic N) is 2. The summed E-state index contributed by atoms with van der Waals surface area (Å²) in [5.74, 6) is 1.25. The van der Waals surface area contributed by atoms with Crippen LogP contribution in [0.4, 0.5) is 0 Å². The van der Waals surface area contributed by atoms with Gasteiger partial charge in [0.2, 0.25) is 0 Å². The minimum atomic E-state index is -0.0423. The molecule has 0 saturated heterocycles. The first kappa shape index (κ1) is 20.6. The first-order valence-corrected chi connectivity index (χ1v) is 10.3. The van der Waals surface area contributed by atoms with E-state index in [1.165, 1.54) is 0 Å². The summed E-state index contributed by atoms with van der Waals surface area (Å²) >= 11 is 3.55. The van der Waals surface area contributed by atoms with E-state index in [1.807, 2.05) is 45.6 Å². The van der Waals surface area contributed by atoms with Crippen molar-refractivity contribution >= 4 is 21.8 Å². The lowest BCUT2D eigenvalue weighted by molar-refractivity contribution is 0.0741. The molecule has 0 unspecified atom stereocenters. The molecule has 0 radical (unpaired) electrons. The van der Waals surface area contributed by atoms with Crippen molar-refractivity contribution in [1.82, 2.24) is 9.88 Å². The largest absolute Gasteiger partial charge is 0.491 e. The van der Waals surface area contributed by atoms with Crippen LogP contribution in [-0.2, 0) is 6.54 Å². The van der Waals surface area contributed by atoms with Crippen LogP contribution in [0.15, 0.2) is 16.6 Å². The van der Waals surface area contributed by atoms with Crippen molar-refractivity contribution in [3.63, 3.8) is 0 Å². The first-order chi connectivity index (χ1) is 13.2. The van der Waals surface area contributed by atoms with Crippen LogP contribution in [0.2, 0.25) is 0 Å². The molecular weight excluding hydrogens is 420 g/mol. The van der Waals surface area contributed by atoms with Gasteiger partial charge in [-0.25, -0.2) is 0 Å². The predicted octanol–water partition coefficient (Wildman–Crippen LogP) is 4.90.